The van der Waals surface area contributed by atoms with Gasteiger partial charge in [-0.3, -0.25) is 14.0 Å². The lowest BCUT2D eigenvalue weighted by Crippen LogP contribution is -2.23. The van der Waals surface area contributed by atoms with Crippen molar-refractivity contribution in [3.05, 3.63) is 81.2 Å². The Labute approximate surface area is 163 Å². The zero-order valence-electron chi connectivity index (χ0n) is 14.2. The zero-order valence-corrected chi connectivity index (χ0v) is 15.8. The van der Waals surface area contributed by atoms with Crippen LogP contribution in [0.15, 0.2) is 59.6 Å². The number of aromatic nitrogens is 2. The number of amides is 2. The molecule has 0 fully saturated rings. The highest BCUT2D eigenvalue weighted by molar-refractivity contribution is 7.15. The molecular weight excluding hydrogens is 380 g/mol. The van der Waals surface area contributed by atoms with Crippen molar-refractivity contribution in [1.29, 1.82) is 0 Å². The van der Waals surface area contributed by atoms with Gasteiger partial charge in [-0.25, -0.2) is 4.98 Å². The van der Waals surface area contributed by atoms with E-state index < -0.39 is 0 Å². The third-order valence-electron chi connectivity index (χ3n) is 3.99. The lowest BCUT2D eigenvalue weighted by atomic mass is 10.1. The largest absolute Gasteiger partial charge is 0.347 e. The number of rotatable bonds is 6. The SMILES string of the molecule is O=C(NCc1cn2ccsc2n1)c1ccc(CNC(=O)c2cccs2)cc1. The van der Waals surface area contributed by atoms with E-state index >= 15 is 0 Å². The van der Waals surface area contributed by atoms with Gasteiger partial charge in [-0.2, -0.15) is 0 Å². The molecule has 0 unspecified atom stereocenters. The van der Waals surface area contributed by atoms with Crippen LogP contribution in [0, 0.1) is 0 Å². The average Bonchev–Trinajstić information content (AvgIpc) is 3.42. The Morgan fingerprint density at radius 1 is 0.963 bits per heavy atom. The fourth-order valence-electron chi connectivity index (χ4n) is 2.59. The van der Waals surface area contributed by atoms with Crippen LogP contribution in [-0.2, 0) is 13.1 Å². The molecule has 1 aromatic carbocycles. The molecular formula is C19H16N4O2S2. The van der Waals surface area contributed by atoms with Crippen LogP contribution < -0.4 is 10.6 Å². The molecule has 2 amide bonds. The van der Waals surface area contributed by atoms with Crippen LogP contribution in [0.1, 0.15) is 31.3 Å². The highest BCUT2D eigenvalue weighted by Crippen LogP contribution is 2.12. The number of thiazole rings is 1. The van der Waals surface area contributed by atoms with E-state index in [0.29, 0.717) is 23.5 Å². The fraction of sp³-hybridized carbons (Fsp3) is 0.105. The van der Waals surface area contributed by atoms with E-state index in [1.54, 1.807) is 29.5 Å². The Kier molecular flexibility index (Phi) is 4.99. The van der Waals surface area contributed by atoms with E-state index in [9.17, 15) is 9.59 Å². The monoisotopic (exact) mass is 396 g/mol. The Hall–Kier alpha value is -2.97. The van der Waals surface area contributed by atoms with E-state index in [-0.39, 0.29) is 11.8 Å². The number of imidazole rings is 1. The molecule has 4 rings (SSSR count). The summed E-state index contributed by atoms with van der Waals surface area (Å²) < 4.78 is 1.94. The summed E-state index contributed by atoms with van der Waals surface area (Å²) in [6.07, 6.45) is 3.85. The number of benzene rings is 1. The minimum absolute atomic E-state index is 0.0909. The van der Waals surface area contributed by atoms with Gasteiger partial charge in [0.15, 0.2) is 4.96 Å². The summed E-state index contributed by atoms with van der Waals surface area (Å²) in [6.45, 7) is 0.801. The van der Waals surface area contributed by atoms with Gasteiger partial charge in [0.2, 0.25) is 0 Å². The molecule has 3 heterocycles. The molecule has 0 saturated carbocycles. The summed E-state index contributed by atoms with van der Waals surface area (Å²) in [6, 6.07) is 10.8. The van der Waals surface area contributed by atoms with Gasteiger partial charge in [-0.1, -0.05) is 18.2 Å². The van der Waals surface area contributed by atoms with Crippen molar-refractivity contribution in [1.82, 2.24) is 20.0 Å². The predicted molar refractivity (Wildman–Crippen MR) is 106 cm³/mol. The summed E-state index contributed by atoms with van der Waals surface area (Å²) >= 11 is 2.96. The minimum Gasteiger partial charge on any atom is -0.347 e. The number of hydrogen-bond acceptors (Lipinski definition) is 5. The summed E-state index contributed by atoms with van der Waals surface area (Å²) in [4.78, 5) is 30.3. The van der Waals surface area contributed by atoms with Gasteiger partial charge in [0.1, 0.15) is 0 Å². The van der Waals surface area contributed by atoms with Gasteiger partial charge in [-0.05, 0) is 29.1 Å². The Balaban J connectivity index is 1.30. The molecule has 6 nitrogen and oxygen atoms in total. The van der Waals surface area contributed by atoms with Gasteiger partial charge >= 0.3 is 0 Å². The number of hydrogen-bond donors (Lipinski definition) is 2. The second-order valence-corrected chi connectivity index (χ2v) is 7.69. The van der Waals surface area contributed by atoms with Crippen LogP contribution in [0.2, 0.25) is 0 Å². The van der Waals surface area contributed by atoms with Crippen molar-refractivity contribution >= 4 is 39.4 Å². The molecule has 0 aliphatic heterocycles. The first kappa shape index (κ1) is 17.4. The lowest BCUT2D eigenvalue weighted by molar-refractivity contribution is 0.0943. The van der Waals surface area contributed by atoms with Crippen molar-refractivity contribution in [3.8, 4) is 0 Å². The van der Waals surface area contributed by atoms with Crippen LogP contribution in [0.3, 0.4) is 0 Å². The Morgan fingerprint density at radius 3 is 2.52 bits per heavy atom. The highest BCUT2D eigenvalue weighted by Gasteiger charge is 2.09. The molecule has 8 heteroatoms. The molecule has 4 aromatic rings. The molecule has 0 radical (unpaired) electrons. The van der Waals surface area contributed by atoms with Crippen molar-refractivity contribution in [2.45, 2.75) is 13.1 Å². The first-order valence-electron chi connectivity index (χ1n) is 8.29. The molecule has 3 aromatic heterocycles. The third-order valence-corrected chi connectivity index (χ3v) is 5.63. The van der Waals surface area contributed by atoms with Crippen LogP contribution in [0.25, 0.3) is 4.96 Å². The summed E-state index contributed by atoms with van der Waals surface area (Å²) in [5.74, 6) is -0.243. The molecule has 0 saturated heterocycles. The number of carbonyl (C=O) groups is 2. The molecule has 27 heavy (non-hydrogen) atoms. The van der Waals surface area contributed by atoms with E-state index in [2.05, 4.69) is 15.6 Å². The third kappa shape index (κ3) is 4.07. The van der Waals surface area contributed by atoms with Crippen molar-refractivity contribution in [3.63, 3.8) is 0 Å². The van der Waals surface area contributed by atoms with Crippen molar-refractivity contribution in [2.75, 3.05) is 0 Å². The molecule has 0 aliphatic carbocycles. The summed E-state index contributed by atoms with van der Waals surface area (Å²) in [7, 11) is 0. The lowest BCUT2D eigenvalue weighted by Gasteiger charge is -2.06. The van der Waals surface area contributed by atoms with E-state index in [1.165, 1.54) is 11.3 Å². The highest BCUT2D eigenvalue weighted by atomic mass is 32.1. The maximum atomic E-state index is 12.3. The van der Waals surface area contributed by atoms with Gasteiger partial charge in [0, 0.05) is 29.9 Å². The average molecular weight is 396 g/mol. The normalized spacial score (nSPS) is 10.8. The molecule has 136 valence electrons. The first-order chi connectivity index (χ1) is 13.2. The van der Waals surface area contributed by atoms with Crippen molar-refractivity contribution < 1.29 is 9.59 Å². The standard InChI is InChI=1S/C19H16N4O2S2/c24-17(21-11-15-12-23-7-9-27-19(23)22-15)14-5-3-13(4-6-14)10-20-18(25)16-2-1-8-26-16/h1-9,12H,10-11H2,(H,20,25)(H,21,24). The quantitative estimate of drug-likeness (QED) is 0.525. The molecule has 2 N–H and O–H groups in total. The molecule has 0 atom stereocenters. The van der Waals surface area contributed by atoms with Crippen LogP contribution >= 0.6 is 22.7 Å². The van der Waals surface area contributed by atoms with Gasteiger partial charge in [0.25, 0.3) is 11.8 Å². The van der Waals surface area contributed by atoms with Crippen LogP contribution in [0.4, 0.5) is 0 Å². The predicted octanol–water partition coefficient (Wildman–Crippen LogP) is 3.32. The Morgan fingerprint density at radius 2 is 1.78 bits per heavy atom. The Bertz CT molecular complexity index is 1040. The first-order valence-corrected chi connectivity index (χ1v) is 10.0. The molecule has 0 aliphatic rings. The number of nitrogens with zero attached hydrogens (tertiary/aromatic N) is 2. The molecule has 0 bridgehead atoms. The summed E-state index contributed by atoms with van der Waals surface area (Å²) in [5.41, 5.74) is 2.33. The number of nitrogens with one attached hydrogen (secondary N) is 2. The number of fused-ring (bicyclic) bond motifs is 1. The van der Waals surface area contributed by atoms with Gasteiger partial charge < -0.3 is 10.6 Å². The van der Waals surface area contributed by atoms with E-state index in [4.69, 9.17) is 0 Å². The number of thiophene rings is 1. The second-order valence-electron chi connectivity index (χ2n) is 5.86. The van der Waals surface area contributed by atoms with E-state index in [0.717, 1.165) is 16.2 Å². The van der Waals surface area contributed by atoms with Gasteiger partial charge in [-0.15, -0.1) is 22.7 Å². The zero-order chi connectivity index (χ0) is 18.6. The maximum Gasteiger partial charge on any atom is 0.261 e. The second kappa shape index (κ2) is 7.73. The minimum atomic E-state index is -0.152. The van der Waals surface area contributed by atoms with Crippen LogP contribution in [-0.4, -0.2) is 21.2 Å². The van der Waals surface area contributed by atoms with Gasteiger partial charge in [0.05, 0.1) is 17.1 Å². The fourth-order valence-corrected chi connectivity index (χ4v) is 3.94. The molecule has 0 spiro atoms. The maximum absolute atomic E-state index is 12.3. The van der Waals surface area contributed by atoms with E-state index in [1.807, 2.05) is 45.8 Å². The summed E-state index contributed by atoms with van der Waals surface area (Å²) in [5, 5.41) is 9.58. The topological polar surface area (TPSA) is 75.5 Å². The van der Waals surface area contributed by atoms with Crippen LogP contribution in [0.5, 0.6) is 0 Å². The smallest absolute Gasteiger partial charge is 0.261 e. The van der Waals surface area contributed by atoms with Crippen molar-refractivity contribution in [2.24, 2.45) is 0 Å². The number of carbonyl (C=O) groups excluding carboxylic acids is 2.